The number of benzene rings is 1. The van der Waals surface area contributed by atoms with Crippen LogP contribution >= 0.6 is 0 Å². The Balaban J connectivity index is 1.88. The van der Waals surface area contributed by atoms with Crippen molar-refractivity contribution in [2.45, 2.75) is 44.6 Å². The van der Waals surface area contributed by atoms with Gasteiger partial charge in [-0.2, -0.15) is 0 Å². The van der Waals surface area contributed by atoms with Gasteiger partial charge in [-0.1, -0.05) is 18.9 Å². The molecule has 1 aliphatic heterocycles. The van der Waals surface area contributed by atoms with Crippen molar-refractivity contribution in [3.05, 3.63) is 29.6 Å². The van der Waals surface area contributed by atoms with Crippen LogP contribution in [0.2, 0.25) is 0 Å². The lowest BCUT2D eigenvalue weighted by Gasteiger charge is -2.35. The van der Waals surface area contributed by atoms with E-state index in [0.717, 1.165) is 31.7 Å². The Labute approximate surface area is 115 Å². The van der Waals surface area contributed by atoms with E-state index in [2.05, 4.69) is 17.1 Å². The summed E-state index contributed by atoms with van der Waals surface area (Å²) in [5.74, 6) is -0.127. The van der Waals surface area contributed by atoms with Gasteiger partial charge in [0, 0.05) is 24.3 Å². The van der Waals surface area contributed by atoms with Gasteiger partial charge < -0.3 is 10.2 Å². The van der Waals surface area contributed by atoms with Crippen molar-refractivity contribution in [1.29, 1.82) is 0 Å². The Hall–Kier alpha value is -1.09. The molecule has 1 saturated heterocycles. The van der Waals surface area contributed by atoms with Crippen LogP contribution in [-0.2, 0) is 0 Å². The molecule has 104 valence electrons. The first-order valence-electron chi connectivity index (χ1n) is 7.45. The molecule has 19 heavy (non-hydrogen) atoms. The number of nitrogens with one attached hydrogen (secondary N) is 1. The minimum Gasteiger partial charge on any atom is -0.369 e. The largest absolute Gasteiger partial charge is 0.369 e. The van der Waals surface area contributed by atoms with E-state index in [1.807, 2.05) is 6.07 Å². The number of nitrogens with zero attached hydrogens (tertiary/aromatic N) is 1. The highest BCUT2D eigenvalue weighted by molar-refractivity contribution is 5.54. The smallest absolute Gasteiger partial charge is 0.125 e. The zero-order chi connectivity index (χ0) is 13.3. The highest BCUT2D eigenvalue weighted by Gasteiger charge is 2.36. The van der Waals surface area contributed by atoms with Crippen LogP contribution in [0.4, 0.5) is 10.1 Å². The third-order valence-corrected chi connectivity index (χ3v) is 4.67. The molecule has 1 aromatic carbocycles. The number of hydrogen-bond donors (Lipinski definition) is 1. The maximum Gasteiger partial charge on any atom is 0.125 e. The molecule has 0 unspecified atom stereocenters. The summed E-state index contributed by atoms with van der Waals surface area (Å²) in [6.45, 7) is 5.22. The molecule has 2 nitrogen and oxygen atoms in total. The topological polar surface area (TPSA) is 15.3 Å². The summed E-state index contributed by atoms with van der Waals surface area (Å²) in [4.78, 5) is 2.39. The van der Waals surface area contributed by atoms with Crippen LogP contribution in [0.15, 0.2) is 18.2 Å². The summed E-state index contributed by atoms with van der Waals surface area (Å²) in [7, 11) is 0. The predicted molar refractivity (Wildman–Crippen MR) is 77.2 cm³/mol. The quantitative estimate of drug-likeness (QED) is 0.836. The molecule has 2 aliphatic rings. The molecular weight excluding hydrogens is 239 g/mol. The van der Waals surface area contributed by atoms with E-state index in [1.165, 1.54) is 31.2 Å². The van der Waals surface area contributed by atoms with E-state index in [1.54, 1.807) is 12.1 Å². The van der Waals surface area contributed by atoms with Crippen molar-refractivity contribution in [2.24, 2.45) is 0 Å². The van der Waals surface area contributed by atoms with E-state index >= 15 is 0 Å². The molecule has 1 spiro atoms. The fourth-order valence-corrected chi connectivity index (χ4v) is 3.64. The second-order valence-corrected chi connectivity index (χ2v) is 6.12. The zero-order valence-corrected chi connectivity index (χ0v) is 11.7. The lowest BCUT2D eigenvalue weighted by molar-refractivity contribution is 0.354. The van der Waals surface area contributed by atoms with Crippen LogP contribution in [0.3, 0.4) is 0 Å². The van der Waals surface area contributed by atoms with Crippen LogP contribution in [0.1, 0.15) is 37.7 Å². The minimum atomic E-state index is -0.127. The van der Waals surface area contributed by atoms with Crippen molar-refractivity contribution < 1.29 is 4.39 Å². The Morgan fingerprint density at radius 3 is 2.79 bits per heavy atom. The summed E-state index contributed by atoms with van der Waals surface area (Å²) in [5.41, 5.74) is 2.53. The molecule has 1 saturated carbocycles. The van der Waals surface area contributed by atoms with E-state index in [9.17, 15) is 4.39 Å². The van der Waals surface area contributed by atoms with Crippen LogP contribution in [-0.4, -0.2) is 25.2 Å². The fourth-order valence-electron chi connectivity index (χ4n) is 3.64. The SMILES string of the molecule is Cc1ccc(F)cc1N1CCCNC2(CCCC2)C1. The molecule has 3 heteroatoms. The lowest BCUT2D eigenvalue weighted by Crippen LogP contribution is -2.49. The highest BCUT2D eigenvalue weighted by Crippen LogP contribution is 2.34. The molecule has 0 radical (unpaired) electrons. The molecule has 1 heterocycles. The molecule has 1 aliphatic carbocycles. The summed E-state index contributed by atoms with van der Waals surface area (Å²) in [5, 5.41) is 3.76. The molecule has 2 fully saturated rings. The minimum absolute atomic E-state index is 0.127. The van der Waals surface area contributed by atoms with E-state index in [4.69, 9.17) is 0 Å². The maximum atomic E-state index is 13.5. The monoisotopic (exact) mass is 262 g/mol. The van der Waals surface area contributed by atoms with Gasteiger partial charge in [0.15, 0.2) is 0 Å². The summed E-state index contributed by atoms with van der Waals surface area (Å²) < 4.78 is 13.5. The Bertz CT molecular complexity index is 452. The fraction of sp³-hybridized carbons (Fsp3) is 0.625. The molecule has 1 N–H and O–H groups in total. The molecule has 0 bridgehead atoms. The van der Waals surface area contributed by atoms with E-state index in [0.29, 0.717) is 0 Å². The Kier molecular flexibility index (Phi) is 3.48. The van der Waals surface area contributed by atoms with Gasteiger partial charge in [-0.3, -0.25) is 0 Å². The Morgan fingerprint density at radius 2 is 2.00 bits per heavy atom. The van der Waals surface area contributed by atoms with Gasteiger partial charge in [-0.15, -0.1) is 0 Å². The van der Waals surface area contributed by atoms with Gasteiger partial charge in [0.25, 0.3) is 0 Å². The molecular formula is C16H23FN2. The van der Waals surface area contributed by atoms with E-state index < -0.39 is 0 Å². The molecule has 1 aromatic rings. The average molecular weight is 262 g/mol. The summed E-state index contributed by atoms with van der Waals surface area (Å²) in [6.07, 6.45) is 6.30. The third-order valence-electron chi connectivity index (χ3n) is 4.67. The highest BCUT2D eigenvalue weighted by atomic mass is 19.1. The first-order valence-corrected chi connectivity index (χ1v) is 7.45. The number of anilines is 1. The third kappa shape index (κ3) is 2.62. The molecule has 0 atom stereocenters. The van der Waals surface area contributed by atoms with Gasteiger partial charge in [-0.05, 0) is 50.4 Å². The van der Waals surface area contributed by atoms with Gasteiger partial charge >= 0.3 is 0 Å². The van der Waals surface area contributed by atoms with Crippen molar-refractivity contribution in [3.63, 3.8) is 0 Å². The lowest BCUT2D eigenvalue weighted by atomic mass is 9.96. The Morgan fingerprint density at radius 1 is 1.21 bits per heavy atom. The van der Waals surface area contributed by atoms with Gasteiger partial charge in [-0.25, -0.2) is 4.39 Å². The maximum absolute atomic E-state index is 13.5. The molecule has 0 aromatic heterocycles. The van der Waals surface area contributed by atoms with E-state index in [-0.39, 0.29) is 11.4 Å². The van der Waals surface area contributed by atoms with Gasteiger partial charge in [0.2, 0.25) is 0 Å². The standard InChI is InChI=1S/C16H23FN2/c1-13-5-6-14(17)11-15(13)19-10-4-9-18-16(12-19)7-2-3-8-16/h5-6,11,18H,2-4,7-10,12H2,1H3. The average Bonchev–Trinajstić information content (AvgIpc) is 2.74. The second kappa shape index (κ2) is 5.12. The first kappa shape index (κ1) is 12.9. The van der Waals surface area contributed by atoms with Crippen LogP contribution in [0.25, 0.3) is 0 Å². The number of hydrogen-bond acceptors (Lipinski definition) is 2. The molecule has 3 rings (SSSR count). The van der Waals surface area contributed by atoms with Crippen molar-refractivity contribution in [3.8, 4) is 0 Å². The number of rotatable bonds is 1. The van der Waals surface area contributed by atoms with Gasteiger partial charge in [0.05, 0.1) is 0 Å². The zero-order valence-electron chi connectivity index (χ0n) is 11.7. The van der Waals surface area contributed by atoms with Crippen LogP contribution in [0, 0.1) is 12.7 Å². The van der Waals surface area contributed by atoms with Crippen LogP contribution in [0.5, 0.6) is 0 Å². The summed E-state index contributed by atoms with van der Waals surface area (Å²) in [6, 6.07) is 5.15. The van der Waals surface area contributed by atoms with Crippen LogP contribution < -0.4 is 10.2 Å². The normalized spacial score (nSPS) is 22.7. The van der Waals surface area contributed by atoms with Gasteiger partial charge in [0.1, 0.15) is 5.82 Å². The van der Waals surface area contributed by atoms with Crippen molar-refractivity contribution in [1.82, 2.24) is 5.32 Å². The first-order chi connectivity index (χ1) is 9.19. The second-order valence-electron chi connectivity index (χ2n) is 6.12. The van der Waals surface area contributed by atoms with Crippen molar-refractivity contribution >= 4 is 5.69 Å². The number of halogens is 1. The van der Waals surface area contributed by atoms with Crippen molar-refractivity contribution in [2.75, 3.05) is 24.5 Å². The summed E-state index contributed by atoms with van der Waals surface area (Å²) >= 11 is 0. The number of aryl methyl sites for hydroxylation is 1. The molecule has 0 amide bonds. The predicted octanol–water partition coefficient (Wildman–Crippen LogP) is 3.25.